The molecule has 1 aliphatic rings. The number of nitrogens with two attached hydrogens (primary N) is 1. The molecule has 0 saturated carbocycles. The van der Waals surface area contributed by atoms with Gasteiger partial charge in [0.1, 0.15) is 5.75 Å². The van der Waals surface area contributed by atoms with Crippen LogP contribution in [-0.2, 0) is 13.0 Å². The van der Waals surface area contributed by atoms with Gasteiger partial charge in [0.05, 0.1) is 26.9 Å². The van der Waals surface area contributed by atoms with E-state index in [2.05, 4.69) is 27.3 Å². The second-order valence-corrected chi connectivity index (χ2v) is 7.58. The van der Waals surface area contributed by atoms with Gasteiger partial charge in [-0.25, -0.2) is 0 Å². The molecule has 1 aliphatic heterocycles. The summed E-state index contributed by atoms with van der Waals surface area (Å²) in [6.45, 7) is 7.35. The second kappa shape index (κ2) is 12.0. The SMILES string of the molecule is COc1cc2c(cc1OC)CN(CCN=C(N)Nc1ccc(OC(C)C)cc1)CC2.I. The van der Waals surface area contributed by atoms with E-state index in [1.807, 2.05) is 38.1 Å². The van der Waals surface area contributed by atoms with Crippen LogP contribution < -0.4 is 25.3 Å². The van der Waals surface area contributed by atoms with Crippen LogP contribution in [0.3, 0.4) is 0 Å². The number of methoxy groups -OCH3 is 2. The van der Waals surface area contributed by atoms with E-state index in [1.54, 1.807) is 14.2 Å². The summed E-state index contributed by atoms with van der Waals surface area (Å²) in [5.74, 6) is 2.81. The Morgan fingerprint density at radius 3 is 2.35 bits per heavy atom. The minimum Gasteiger partial charge on any atom is -0.493 e. The zero-order valence-electron chi connectivity index (χ0n) is 18.7. The van der Waals surface area contributed by atoms with Crippen molar-refractivity contribution in [1.29, 1.82) is 0 Å². The lowest BCUT2D eigenvalue weighted by Crippen LogP contribution is -2.33. The maximum Gasteiger partial charge on any atom is 0.193 e. The van der Waals surface area contributed by atoms with Crippen molar-refractivity contribution in [2.75, 3.05) is 39.2 Å². The quantitative estimate of drug-likeness (QED) is 0.301. The summed E-state index contributed by atoms with van der Waals surface area (Å²) >= 11 is 0. The number of halogens is 1. The first-order valence-corrected chi connectivity index (χ1v) is 10.3. The third-order valence-electron chi connectivity index (χ3n) is 4.99. The Morgan fingerprint density at radius 2 is 1.74 bits per heavy atom. The number of fused-ring (bicyclic) bond motifs is 1. The van der Waals surface area contributed by atoms with Crippen molar-refractivity contribution in [3.63, 3.8) is 0 Å². The average Bonchev–Trinajstić information content (AvgIpc) is 2.73. The van der Waals surface area contributed by atoms with Gasteiger partial charge in [0, 0.05) is 25.3 Å². The molecule has 0 radical (unpaired) electrons. The van der Waals surface area contributed by atoms with Crippen molar-refractivity contribution < 1.29 is 14.2 Å². The highest BCUT2D eigenvalue weighted by molar-refractivity contribution is 14.0. The Balaban J connectivity index is 0.00000341. The Bertz CT molecular complexity index is 872. The van der Waals surface area contributed by atoms with E-state index in [0.29, 0.717) is 12.5 Å². The molecule has 2 aromatic carbocycles. The first-order valence-electron chi connectivity index (χ1n) is 10.3. The minimum atomic E-state index is 0. The normalized spacial score (nSPS) is 13.9. The molecular formula is C23H33IN4O3. The van der Waals surface area contributed by atoms with E-state index in [4.69, 9.17) is 19.9 Å². The molecule has 8 heteroatoms. The third kappa shape index (κ3) is 7.17. The molecule has 0 bridgehead atoms. The van der Waals surface area contributed by atoms with Gasteiger partial charge in [-0.15, -0.1) is 24.0 Å². The first-order chi connectivity index (χ1) is 14.5. The van der Waals surface area contributed by atoms with Crippen LogP contribution in [0.2, 0.25) is 0 Å². The Kier molecular flexibility index (Phi) is 9.70. The number of hydrogen-bond acceptors (Lipinski definition) is 5. The van der Waals surface area contributed by atoms with Gasteiger partial charge in [-0.2, -0.15) is 0 Å². The van der Waals surface area contributed by atoms with Gasteiger partial charge in [-0.1, -0.05) is 0 Å². The second-order valence-electron chi connectivity index (χ2n) is 7.58. The number of nitrogens with zero attached hydrogens (tertiary/aromatic N) is 2. The lowest BCUT2D eigenvalue weighted by Gasteiger charge is -2.29. The average molecular weight is 540 g/mol. The lowest BCUT2D eigenvalue weighted by atomic mass is 9.99. The summed E-state index contributed by atoms with van der Waals surface area (Å²) in [4.78, 5) is 6.85. The number of anilines is 1. The van der Waals surface area contributed by atoms with Crippen molar-refractivity contribution in [2.45, 2.75) is 32.9 Å². The number of ether oxygens (including phenoxy) is 3. The monoisotopic (exact) mass is 540 g/mol. The van der Waals surface area contributed by atoms with Crippen molar-refractivity contribution in [2.24, 2.45) is 10.7 Å². The smallest absolute Gasteiger partial charge is 0.193 e. The summed E-state index contributed by atoms with van der Waals surface area (Å²) < 4.78 is 16.5. The van der Waals surface area contributed by atoms with Crippen LogP contribution in [0.4, 0.5) is 5.69 Å². The summed E-state index contributed by atoms with van der Waals surface area (Å²) in [7, 11) is 3.34. The van der Waals surface area contributed by atoms with Crippen LogP contribution in [0.5, 0.6) is 17.2 Å². The van der Waals surface area contributed by atoms with Crippen LogP contribution >= 0.6 is 24.0 Å². The third-order valence-corrected chi connectivity index (χ3v) is 4.99. The summed E-state index contributed by atoms with van der Waals surface area (Å²) in [5, 5.41) is 3.13. The predicted octanol–water partition coefficient (Wildman–Crippen LogP) is 3.89. The molecule has 3 rings (SSSR count). The molecule has 0 atom stereocenters. The first kappa shape index (κ1) is 25.1. The fraction of sp³-hybridized carbons (Fsp3) is 0.435. The zero-order valence-corrected chi connectivity index (χ0v) is 21.0. The number of benzene rings is 2. The van der Waals surface area contributed by atoms with Gasteiger partial charge in [0.2, 0.25) is 0 Å². The van der Waals surface area contributed by atoms with E-state index in [1.165, 1.54) is 11.1 Å². The van der Waals surface area contributed by atoms with Crippen molar-refractivity contribution in [1.82, 2.24) is 4.90 Å². The molecule has 31 heavy (non-hydrogen) atoms. The van der Waals surface area contributed by atoms with Gasteiger partial charge in [0.15, 0.2) is 17.5 Å². The molecule has 0 amide bonds. The fourth-order valence-corrected chi connectivity index (χ4v) is 3.52. The van der Waals surface area contributed by atoms with E-state index in [-0.39, 0.29) is 30.1 Å². The topological polar surface area (TPSA) is 81.3 Å². The highest BCUT2D eigenvalue weighted by Gasteiger charge is 2.19. The van der Waals surface area contributed by atoms with Crippen molar-refractivity contribution >= 4 is 35.6 Å². The molecule has 0 unspecified atom stereocenters. The van der Waals surface area contributed by atoms with Crippen LogP contribution in [0.1, 0.15) is 25.0 Å². The summed E-state index contributed by atoms with van der Waals surface area (Å²) in [6.07, 6.45) is 1.14. The number of aliphatic imine (C=N–C) groups is 1. The molecule has 3 N–H and O–H groups in total. The van der Waals surface area contributed by atoms with Crippen molar-refractivity contribution in [3.8, 4) is 17.2 Å². The highest BCUT2D eigenvalue weighted by atomic mass is 127. The largest absolute Gasteiger partial charge is 0.493 e. The Morgan fingerprint density at radius 1 is 1.10 bits per heavy atom. The van der Waals surface area contributed by atoms with Crippen LogP contribution in [0.25, 0.3) is 0 Å². The molecule has 0 fully saturated rings. The van der Waals surface area contributed by atoms with Gasteiger partial charge in [-0.05, 0) is 67.8 Å². The van der Waals surface area contributed by atoms with E-state index in [9.17, 15) is 0 Å². The molecule has 0 saturated heterocycles. The van der Waals surface area contributed by atoms with Crippen molar-refractivity contribution in [3.05, 3.63) is 47.5 Å². The fourth-order valence-electron chi connectivity index (χ4n) is 3.52. The summed E-state index contributed by atoms with van der Waals surface area (Å²) in [5.41, 5.74) is 9.53. The number of nitrogens with one attached hydrogen (secondary N) is 1. The van der Waals surface area contributed by atoms with Gasteiger partial charge < -0.3 is 25.3 Å². The molecule has 0 aromatic heterocycles. The lowest BCUT2D eigenvalue weighted by molar-refractivity contribution is 0.242. The minimum absolute atomic E-state index is 0. The molecule has 2 aromatic rings. The van der Waals surface area contributed by atoms with E-state index in [0.717, 1.165) is 49.0 Å². The Labute approximate surface area is 202 Å². The molecule has 7 nitrogen and oxygen atoms in total. The molecular weight excluding hydrogens is 507 g/mol. The van der Waals surface area contributed by atoms with Gasteiger partial charge in [0.25, 0.3) is 0 Å². The number of rotatable bonds is 8. The van der Waals surface area contributed by atoms with Gasteiger partial charge in [-0.3, -0.25) is 9.89 Å². The predicted molar refractivity (Wildman–Crippen MR) is 136 cm³/mol. The maximum atomic E-state index is 6.05. The highest BCUT2D eigenvalue weighted by Crippen LogP contribution is 2.33. The zero-order chi connectivity index (χ0) is 21.5. The van der Waals surface area contributed by atoms with E-state index >= 15 is 0 Å². The van der Waals surface area contributed by atoms with Gasteiger partial charge >= 0.3 is 0 Å². The van der Waals surface area contributed by atoms with Crippen LogP contribution in [-0.4, -0.2) is 50.8 Å². The number of hydrogen-bond donors (Lipinski definition) is 2. The molecule has 170 valence electrons. The van der Waals surface area contributed by atoms with E-state index < -0.39 is 0 Å². The molecule has 0 aliphatic carbocycles. The molecule has 1 heterocycles. The number of guanidine groups is 1. The molecule has 0 spiro atoms. The standard InChI is InChI=1S/C23H32N4O3.HI/c1-16(2)30-20-7-5-19(6-8-20)26-23(24)25-10-12-27-11-9-17-13-21(28-3)22(29-4)14-18(17)15-27;/h5-8,13-14,16H,9-12,15H2,1-4H3,(H3,24,25,26);1H. The van der Waals surface area contributed by atoms with Crippen LogP contribution in [0.15, 0.2) is 41.4 Å². The van der Waals surface area contributed by atoms with Crippen LogP contribution in [0, 0.1) is 0 Å². The summed E-state index contributed by atoms with van der Waals surface area (Å²) in [6, 6.07) is 11.9. The maximum absolute atomic E-state index is 6.05. The Hall–Kier alpha value is -2.20.